The monoisotopic (exact) mass is 401 g/mol. The number of rotatable bonds is 7. The number of ether oxygens (including phenoxy) is 1. The first kappa shape index (κ1) is 20.6. The zero-order valence-electron chi connectivity index (χ0n) is 16.6. The lowest BCUT2D eigenvalue weighted by Gasteiger charge is -2.19. The Labute approximate surface area is 170 Å². The van der Waals surface area contributed by atoms with E-state index in [-0.39, 0.29) is 5.91 Å². The summed E-state index contributed by atoms with van der Waals surface area (Å²) in [5.74, 6) is -0.473. The number of hydrogen-bond acceptors (Lipinski definition) is 4. The fourth-order valence-electron chi connectivity index (χ4n) is 3.62. The van der Waals surface area contributed by atoms with Crippen molar-refractivity contribution in [1.82, 2.24) is 0 Å². The van der Waals surface area contributed by atoms with Crippen molar-refractivity contribution >= 4 is 28.2 Å². The van der Waals surface area contributed by atoms with Gasteiger partial charge in [-0.05, 0) is 45.1 Å². The van der Waals surface area contributed by atoms with Crippen molar-refractivity contribution in [3.63, 3.8) is 0 Å². The van der Waals surface area contributed by atoms with Gasteiger partial charge in [0.25, 0.3) is 5.91 Å². The number of amides is 1. The molecule has 0 saturated heterocycles. The van der Waals surface area contributed by atoms with Crippen LogP contribution in [0.4, 0.5) is 5.00 Å². The van der Waals surface area contributed by atoms with Gasteiger partial charge in [-0.2, -0.15) is 0 Å². The van der Waals surface area contributed by atoms with E-state index in [4.69, 9.17) is 4.74 Å². The molecule has 1 amide bonds. The second-order valence-corrected chi connectivity index (χ2v) is 8.21. The molecular weight excluding hydrogens is 372 g/mol. The summed E-state index contributed by atoms with van der Waals surface area (Å²) in [6.45, 7) is 4.49. The first-order chi connectivity index (χ1) is 13.6. The molecule has 28 heavy (non-hydrogen) atoms. The van der Waals surface area contributed by atoms with Gasteiger partial charge in [0.15, 0.2) is 6.54 Å². The summed E-state index contributed by atoms with van der Waals surface area (Å²) < 4.78 is 5.26. The van der Waals surface area contributed by atoms with E-state index in [9.17, 15) is 9.59 Å². The van der Waals surface area contributed by atoms with Gasteiger partial charge in [-0.15, -0.1) is 11.3 Å². The zero-order valence-corrected chi connectivity index (χ0v) is 17.4. The highest BCUT2D eigenvalue weighted by Gasteiger charge is 2.24. The van der Waals surface area contributed by atoms with Crippen LogP contribution in [0, 0.1) is 6.92 Å². The summed E-state index contributed by atoms with van der Waals surface area (Å²) in [7, 11) is 0. The van der Waals surface area contributed by atoms with E-state index < -0.39 is 5.97 Å². The van der Waals surface area contributed by atoms with E-state index in [0.29, 0.717) is 29.8 Å². The third-order valence-corrected chi connectivity index (χ3v) is 6.07. The van der Waals surface area contributed by atoms with Crippen molar-refractivity contribution in [2.45, 2.75) is 52.0 Å². The maximum atomic E-state index is 12.6. The molecular formula is C22H29N2O3S+. The van der Waals surface area contributed by atoms with Crippen LogP contribution in [0.3, 0.4) is 0 Å². The highest BCUT2D eigenvalue weighted by Crippen LogP contribution is 2.36. The number of nitrogens with one attached hydrogen (secondary N) is 1. The first-order valence-electron chi connectivity index (χ1n) is 10.1. The Bertz CT molecular complexity index is 808. The Morgan fingerprint density at radius 1 is 1.18 bits per heavy atom. The summed E-state index contributed by atoms with van der Waals surface area (Å²) in [5.41, 5.74) is 3.35. The fourth-order valence-corrected chi connectivity index (χ4v) is 4.60. The zero-order chi connectivity index (χ0) is 19.9. The van der Waals surface area contributed by atoms with Crippen LogP contribution < -0.4 is 10.6 Å². The molecule has 0 radical (unpaired) electrons. The lowest BCUT2D eigenvalue weighted by molar-refractivity contribution is -0.681. The average Bonchev–Trinajstić information content (AvgIpc) is 3.11. The predicted octanol–water partition coefficient (Wildman–Crippen LogP) is 3.73. The van der Waals surface area contributed by atoms with E-state index in [0.717, 1.165) is 16.7 Å². The molecule has 1 heterocycles. The van der Waals surface area contributed by atoms with Crippen LogP contribution in [0.15, 0.2) is 29.6 Å². The molecule has 1 aliphatic rings. The Balaban J connectivity index is 1.75. The third kappa shape index (κ3) is 5.20. The van der Waals surface area contributed by atoms with E-state index in [1.165, 1.54) is 43.4 Å². The van der Waals surface area contributed by atoms with Gasteiger partial charge in [0.1, 0.15) is 10.6 Å². The Morgan fingerprint density at radius 2 is 1.89 bits per heavy atom. The van der Waals surface area contributed by atoms with Gasteiger partial charge in [0.05, 0.1) is 12.6 Å². The summed E-state index contributed by atoms with van der Waals surface area (Å²) in [5, 5.41) is 7.55. The molecule has 0 atom stereocenters. The predicted molar refractivity (Wildman–Crippen MR) is 113 cm³/mol. The van der Waals surface area contributed by atoms with Gasteiger partial charge in [-0.1, -0.05) is 36.2 Å². The summed E-state index contributed by atoms with van der Waals surface area (Å²) in [4.78, 5) is 25.1. The fraction of sp³-hybridized carbons (Fsp3) is 0.455. The van der Waals surface area contributed by atoms with Crippen LogP contribution in [0.5, 0.6) is 0 Å². The molecule has 1 aromatic carbocycles. The van der Waals surface area contributed by atoms with Crippen LogP contribution in [-0.4, -0.2) is 31.1 Å². The molecule has 3 N–H and O–H groups in total. The van der Waals surface area contributed by atoms with E-state index in [1.54, 1.807) is 6.92 Å². The van der Waals surface area contributed by atoms with E-state index in [1.807, 2.05) is 36.6 Å². The average molecular weight is 402 g/mol. The minimum Gasteiger partial charge on any atom is -0.462 e. The number of quaternary nitrogens is 1. The second-order valence-electron chi connectivity index (χ2n) is 7.33. The minimum atomic E-state index is -0.397. The van der Waals surface area contributed by atoms with Crippen molar-refractivity contribution in [1.29, 1.82) is 0 Å². The number of esters is 1. The standard InChI is InChI=1S/C22H28N2O3S/c1-3-27-22(26)20-18(16-11-9-15(2)10-12-16)14-28-21(20)24-19(25)13-23-17-7-5-4-6-8-17/h9-12,14,17,23H,3-8,13H2,1-2H3,(H,24,25)/p+1. The normalized spacial score (nSPS) is 14.6. The molecule has 0 spiro atoms. The largest absolute Gasteiger partial charge is 0.462 e. The van der Waals surface area contributed by atoms with Gasteiger partial charge >= 0.3 is 5.97 Å². The number of nitrogens with two attached hydrogens (primary N) is 1. The molecule has 5 nitrogen and oxygen atoms in total. The Kier molecular flexibility index (Phi) is 7.23. The van der Waals surface area contributed by atoms with Gasteiger partial charge < -0.3 is 15.4 Å². The molecule has 1 saturated carbocycles. The molecule has 3 rings (SSSR count). The maximum Gasteiger partial charge on any atom is 0.341 e. The van der Waals surface area contributed by atoms with Gasteiger partial charge in [0.2, 0.25) is 0 Å². The van der Waals surface area contributed by atoms with Crippen molar-refractivity contribution in [2.24, 2.45) is 0 Å². The minimum absolute atomic E-state index is 0.0755. The van der Waals surface area contributed by atoms with Crippen LogP contribution in [-0.2, 0) is 9.53 Å². The van der Waals surface area contributed by atoms with Crippen molar-refractivity contribution in [2.75, 3.05) is 18.5 Å². The summed E-state index contributed by atoms with van der Waals surface area (Å²) in [6.07, 6.45) is 6.16. The molecule has 0 unspecified atom stereocenters. The van der Waals surface area contributed by atoms with Gasteiger partial charge in [-0.25, -0.2) is 4.79 Å². The highest BCUT2D eigenvalue weighted by atomic mass is 32.1. The molecule has 1 aromatic heterocycles. The Morgan fingerprint density at radius 3 is 2.57 bits per heavy atom. The number of benzene rings is 1. The molecule has 6 heteroatoms. The molecule has 0 aliphatic heterocycles. The van der Waals surface area contributed by atoms with Gasteiger partial charge in [0, 0.05) is 10.9 Å². The topological polar surface area (TPSA) is 72.0 Å². The first-order valence-corrected chi connectivity index (χ1v) is 10.9. The molecule has 2 aromatic rings. The van der Waals surface area contributed by atoms with E-state index >= 15 is 0 Å². The molecule has 0 bridgehead atoms. The van der Waals surface area contributed by atoms with Crippen molar-refractivity contribution in [3.8, 4) is 11.1 Å². The lowest BCUT2D eigenvalue weighted by Crippen LogP contribution is -2.91. The van der Waals surface area contributed by atoms with E-state index in [2.05, 4.69) is 10.6 Å². The summed E-state index contributed by atoms with van der Waals surface area (Å²) in [6, 6.07) is 8.54. The number of carbonyl (C=O) groups excluding carboxylic acids is 2. The quantitative estimate of drug-likeness (QED) is 0.695. The maximum absolute atomic E-state index is 12.6. The van der Waals surface area contributed by atoms with Gasteiger partial charge in [-0.3, -0.25) is 4.79 Å². The molecule has 1 aliphatic carbocycles. The molecule has 150 valence electrons. The SMILES string of the molecule is CCOC(=O)c1c(-c2ccc(C)cc2)csc1NC(=O)C[NH2+]C1CCCCC1. The third-order valence-electron chi connectivity index (χ3n) is 5.17. The lowest BCUT2D eigenvalue weighted by atomic mass is 9.95. The summed E-state index contributed by atoms with van der Waals surface area (Å²) >= 11 is 1.37. The van der Waals surface area contributed by atoms with Crippen LogP contribution in [0.25, 0.3) is 11.1 Å². The number of carbonyl (C=O) groups is 2. The number of anilines is 1. The number of aryl methyl sites for hydroxylation is 1. The van der Waals surface area contributed by atoms with Crippen LogP contribution in [0.1, 0.15) is 54.9 Å². The molecule has 1 fully saturated rings. The van der Waals surface area contributed by atoms with Crippen LogP contribution in [0.2, 0.25) is 0 Å². The Hall–Kier alpha value is -2.18. The second kappa shape index (κ2) is 9.85. The smallest absolute Gasteiger partial charge is 0.341 e. The van der Waals surface area contributed by atoms with Crippen LogP contribution >= 0.6 is 11.3 Å². The highest BCUT2D eigenvalue weighted by molar-refractivity contribution is 7.15. The number of hydrogen-bond donors (Lipinski definition) is 2. The van der Waals surface area contributed by atoms with Crippen molar-refractivity contribution < 1.29 is 19.6 Å². The number of thiophene rings is 1. The van der Waals surface area contributed by atoms with Crippen molar-refractivity contribution in [3.05, 3.63) is 40.8 Å².